The summed E-state index contributed by atoms with van der Waals surface area (Å²) in [7, 11) is 0. The van der Waals surface area contributed by atoms with Gasteiger partial charge in [0, 0.05) is 0 Å². The van der Waals surface area contributed by atoms with Gasteiger partial charge in [-0.1, -0.05) is 39.0 Å². The molecule has 0 radical (unpaired) electrons. The molecule has 0 saturated heterocycles. The highest BCUT2D eigenvalue weighted by Gasteiger charge is 2.18. The maximum atomic E-state index is 10.7. The van der Waals surface area contributed by atoms with Crippen molar-refractivity contribution in [2.24, 2.45) is 0 Å². The van der Waals surface area contributed by atoms with Crippen LogP contribution in [0.4, 0.5) is 5.69 Å². The number of hydrogen-bond acceptors (Lipinski definition) is 5. The molecular formula is C12H18ClN3O3. The highest BCUT2D eigenvalue weighted by Crippen LogP contribution is 2.24. The van der Waals surface area contributed by atoms with Gasteiger partial charge >= 0.3 is 5.69 Å². The van der Waals surface area contributed by atoms with E-state index in [9.17, 15) is 10.1 Å². The molecule has 0 atom stereocenters. The van der Waals surface area contributed by atoms with Crippen LogP contribution in [0, 0.1) is 10.1 Å². The summed E-state index contributed by atoms with van der Waals surface area (Å²) in [6.07, 6.45) is 7.79. The van der Waals surface area contributed by atoms with Crippen LogP contribution in [0.5, 0.6) is 5.88 Å². The van der Waals surface area contributed by atoms with Crippen molar-refractivity contribution in [1.29, 1.82) is 0 Å². The minimum atomic E-state index is -0.576. The molecule has 0 amide bonds. The first-order chi connectivity index (χ1) is 9.15. The average molecular weight is 288 g/mol. The molecule has 0 aliphatic rings. The quantitative estimate of drug-likeness (QED) is 0.299. The van der Waals surface area contributed by atoms with Crippen molar-refractivity contribution in [3.63, 3.8) is 0 Å². The van der Waals surface area contributed by atoms with E-state index in [-0.39, 0.29) is 16.9 Å². The molecule has 0 aliphatic carbocycles. The maximum absolute atomic E-state index is 10.7. The molecule has 106 valence electrons. The molecule has 0 N–H and O–H groups in total. The Balaban J connectivity index is 2.36. The Labute approximate surface area is 117 Å². The van der Waals surface area contributed by atoms with Crippen molar-refractivity contribution in [1.82, 2.24) is 9.97 Å². The van der Waals surface area contributed by atoms with Gasteiger partial charge in [0.25, 0.3) is 5.88 Å². The zero-order valence-corrected chi connectivity index (χ0v) is 11.7. The summed E-state index contributed by atoms with van der Waals surface area (Å²) in [6, 6.07) is 0. The third-order valence-corrected chi connectivity index (χ3v) is 2.82. The molecule has 7 heteroatoms. The number of nitrogens with zero attached hydrogens (tertiary/aromatic N) is 3. The number of halogens is 1. The lowest BCUT2D eigenvalue weighted by Gasteiger charge is -2.05. The van der Waals surface area contributed by atoms with Crippen molar-refractivity contribution in [2.75, 3.05) is 6.61 Å². The second-order valence-electron chi connectivity index (χ2n) is 4.20. The first kappa shape index (κ1) is 15.6. The molecule has 6 nitrogen and oxygen atoms in total. The van der Waals surface area contributed by atoms with Crippen LogP contribution in [0.2, 0.25) is 5.28 Å². The highest BCUT2D eigenvalue weighted by molar-refractivity contribution is 6.28. The van der Waals surface area contributed by atoms with Crippen molar-refractivity contribution in [3.8, 4) is 5.88 Å². The summed E-state index contributed by atoms with van der Waals surface area (Å²) < 4.78 is 5.31. The highest BCUT2D eigenvalue weighted by atomic mass is 35.5. The standard InChI is InChI=1S/C12H18ClN3O3/c1-2-3-4-5-6-7-8-19-11-10(16(17)18)9-14-12(13)15-11/h9H,2-8H2,1H3. The fourth-order valence-electron chi connectivity index (χ4n) is 1.62. The summed E-state index contributed by atoms with van der Waals surface area (Å²) in [4.78, 5) is 17.5. The Kier molecular flexibility index (Phi) is 7.10. The zero-order valence-electron chi connectivity index (χ0n) is 11.0. The van der Waals surface area contributed by atoms with Gasteiger partial charge in [0.15, 0.2) is 0 Å². The minimum absolute atomic E-state index is 0.0523. The van der Waals surface area contributed by atoms with Crippen LogP contribution >= 0.6 is 11.6 Å². The van der Waals surface area contributed by atoms with Crippen LogP contribution in [0.15, 0.2) is 6.20 Å². The van der Waals surface area contributed by atoms with Crippen LogP contribution in [-0.2, 0) is 0 Å². The second kappa shape index (κ2) is 8.63. The molecule has 1 rings (SSSR count). The van der Waals surface area contributed by atoms with Crippen molar-refractivity contribution < 1.29 is 9.66 Å². The Hall–Kier alpha value is -1.43. The number of ether oxygens (including phenoxy) is 1. The predicted molar refractivity (Wildman–Crippen MR) is 72.6 cm³/mol. The first-order valence-electron chi connectivity index (χ1n) is 6.45. The Morgan fingerprint density at radius 3 is 2.68 bits per heavy atom. The van der Waals surface area contributed by atoms with E-state index >= 15 is 0 Å². The van der Waals surface area contributed by atoms with Crippen molar-refractivity contribution in [2.45, 2.75) is 45.4 Å². The van der Waals surface area contributed by atoms with Crippen LogP contribution < -0.4 is 4.74 Å². The lowest BCUT2D eigenvalue weighted by Crippen LogP contribution is -2.03. The monoisotopic (exact) mass is 287 g/mol. The van der Waals surface area contributed by atoms with Gasteiger partial charge in [-0.25, -0.2) is 4.98 Å². The molecule has 0 unspecified atom stereocenters. The van der Waals surface area contributed by atoms with Crippen LogP contribution in [-0.4, -0.2) is 21.5 Å². The third-order valence-electron chi connectivity index (χ3n) is 2.64. The summed E-state index contributed by atoms with van der Waals surface area (Å²) in [5, 5.41) is 10.7. The van der Waals surface area contributed by atoms with Crippen LogP contribution in [0.1, 0.15) is 45.4 Å². The van der Waals surface area contributed by atoms with Gasteiger partial charge in [-0.15, -0.1) is 0 Å². The average Bonchev–Trinajstić information content (AvgIpc) is 2.37. The van der Waals surface area contributed by atoms with E-state index in [0.29, 0.717) is 6.61 Å². The number of unbranched alkanes of at least 4 members (excludes halogenated alkanes) is 5. The first-order valence-corrected chi connectivity index (χ1v) is 6.82. The Morgan fingerprint density at radius 1 is 1.32 bits per heavy atom. The molecule has 0 saturated carbocycles. The van der Waals surface area contributed by atoms with E-state index in [1.165, 1.54) is 19.3 Å². The topological polar surface area (TPSA) is 78.2 Å². The minimum Gasteiger partial charge on any atom is -0.473 e. The largest absolute Gasteiger partial charge is 0.473 e. The van der Waals surface area contributed by atoms with E-state index in [1.54, 1.807) is 0 Å². The summed E-state index contributed by atoms with van der Waals surface area (Å²) in [5.41, 5.74) is -0.254. The van der Waals surface area contributed by atoms with E-state index < -0.39 is 4.92 Å². The molecule has 0 bridgehead atoms. The van der Waals surface area contributed by atoms with Crippen molar-refractivity contribution >= 4 is 17.3 Å². The Bertz CT molecular complexity index is 415. The van der Waals surface area contributed by atoms with Gasteiger partial charge < -0.3 is 4.74 Å². The zero-order chi connectivity index (χ0) is 14.1. The normalized spacial score (nSPS) is 10.4. The van der Waals surface area contributed by atoms with E-state index in [1.807, 2.05) is 0 Å². The molecule has 1 aromatic rings. The van der Waals surface area contributed by atoms with E-state index in [0.717, 1.165) is 25.5 Å². The fourth-order valence-corrected chi connectivity index (χ4v) is 1.75. The Morgan fingerprint density at radius 2 is 2.00 bits per heavy atom. The van der Waals surface area contributed by atoms with Gasteiger partial charge in [0.05, 0.1) is 11.5 Å². The van der Waals surface area contributed by atoms with Gasteiger partial charge in [-0.2, -0.15) is 4.98 Å². The predicted octanol–water partition coefficient (Wildman–Crippen LogP) is 3.78. The SMILES string of the molecule is CCCCCCCCOc1nc(Cl)ncc1[N+](=O)[O-]. The van der Waals surface area contributed by atoms with E-state index in [2.05, 4.69) is 16.9 Å². The lowest BCUT2D eigenvalue weighted by molar-refractivity contribution is -0.386. The number of nitro groups is 1. The molecule has 1 aromatic heterocycles. The molecule has 0 aromatic carbocycles. The van der Waals surface area contributed by atoms with Gasteiger partial charge in [0.1, 0.15) is 6.20 Å². The lowest BCUT2D eigenvalue weighted by atomic mass is 10.1. The van der Waals surface area contributed by atoms with Gasteiger partial charge in [-0.05, 0) is 18.0 Å². The molecule has 0 fully saturated rings. The van der Waals surface area contributed by atoms with E-state index in [4.69, 9.17) is 16.3 Å². The van der Waals surface area contributed by atoms with Crippen LogP contribution in [0.3, 0.4) is 0 Å². The van der Waals surface area contributed by atoms with Gasteiger partial charge in [0.2, 0.25) is 5.28 Å². The molecule has 0 spiro atoms. The maximum Gasteiger partial charge on any atom is 0.349 e. The van der Waals surface area contributed by atoms with Crippen molar-refractivity contribution in [3.05, 3.63) is 21.6 Å². The molecule has 19 heavy (non-hydrogen) atoms. The second-order valence-corrected chi connectivity index (χ2v) is 4.54. The summed E-state index contributed by atoms with van der Waals surface area (Å²) in [5.74, 6) is -0.0569. The number of aromatic nitrogens is 2. The fraction of sp³-hybridized carbons (Fsp3) is 0.667. The molecular weight excluding hydrogens is 270 g/mol. The molecule has 0 aliphatic heterocycles. The third kappa shape index (κ3) is 5.83. The number of hydrogen-bond donors (Lipinski definition) is 0. The summed E-state index contributed by atoms with van der Waals surface area (Å²) >= 11 is 5.59. The van der Waals surface area contributed by atoms with Crippen LogP contribution in [0.25, 0.3) is 0 Å². The summed E-state index contributed by atoms with van der Waals surface area (Å²) in [6.45, 7) is 2.57. The van der Waals surface area contributed by atoms with Gasteiger partial charge in [-0.3, -0.25) is 10.1 Å². The molecule has 1 heterocycles. The number of rotatable bonds is 9. The smallest absolute Gasteiger partial charge is 0.349 e.